The van der Waals surface area contributed by atoms with Gasteiger partial charge in [-0.3, -0.25) is 9.69 Å². The standard InChI is InChI=1S/C23H28F2N6O.C9H17NO2.H2S/c1-13-8-18-16(4-6-27-18)20(14(13)2)31-7-5-17-19(10-31)28-22(29-21(17)26)32-11-15-9-23(24,25)12-30(15)3;1-4-10(5-2)9(11)7-6-8-12-3;/h4,6,8,15,27H,5,7,9-12H2,1-3H3,(H2,26,28,29);6-7H,4-5,8H2,1-3H3;1H2/b;7-6+;/t15-;;/m0../s1. The van der Waals surface area contributed by atoms with Crippen molar-refractivity contribution in [3.8, 4) is 6.01 Å². The molecule has 0 spiro atoms. The summed E-state index contributed by atoms with van der Waals surface area (Å²) in [6, 6.07) is 4.05. The molecule has 4 heterocycles. The van der Waals surface area contributed by atoms with E-state index in [2.05, 4.69) is 45.8 Å². The Hall–Kier alpha value is -3.42. The summed E-state index contributed by atoms with van der Waals surface area (Å²) in [6.45, 7) is 11.4. The molecule has 2 aliphatic rings. The lowest BCUT2D eigenvalue weighted by atomic mass is 9.99. The van der Waals surface area contributed by atoms with Crippen LogP contribution in [0.4, 0.5) is 20.3 Å². The number of benzene rings is 1. The number of likely N-dealkylation sites (tertiary alicyclic amines) is 1. The summed E-state index contributed by atoms with van der Waals surface area (Å²) in [6.07, 6.45) is 5.74. The zero-order valence-electron chi connectivity index (χ0n) is 27.1. The number of anilines is 2. The van der Waals surface area contributed by atoms with Crippen molar-refractivity contribution in [2.24, 2.45) is 0 Å². The quantitative estimate of drug-likeness (QED) is 0.324. The van der Waals surface area contributed by atoms with Gasteiger partial charge in [0.05, 0.1) is 25.4 Å². The summed E-state index contributed by atoms with van der Waals surface area (Å²) in [5.74, 6) is -2.23. The van der Waals surface area contributed by atoms with E-state index in [0.29, 0.717) is 19.0 Å². The lowest BCUT2D eigenvalue weighted by molar-refractivity contribution is -0.125. The number of hydrogen-bond acceptors (Lipinski definition) is 8. The van der Waals surface area contributed by atoms with Crippen LogP contribution in [0.1, 0.15) is 42.7 Å². The molecule has 2 aliphatic heterocycles. The number of nitrogen functional groups attached to an aromatic ring is 1. The number of amides is 1. The molecular formula is C32H47F2N7O3S. The number of H-pyrrole nitrogens is 1. The zero-order valence-corrected chi connectivity index (χ0v) is 28.1. The molecule has 3 aromatic rings. The molecule has 0 saturated carbocycles. The van der Waals surface area contributed by atoms with Gasteiger partial charge < -0.3 is 30.0 Å². The number of alkyl halides is 2. The lowest BCUT2D eigenvalue weighted by Gasteiger charge is -2.32. The van der Waals surface area contributed by atoms with Crippen LogP contribution in [0.25, 0.3) is 10.9 Å². The predicted octanol–water partition coefficient (Wildman–Crippen LogP) is 4.61. The zero-order chi connectivity index (χ0) is 32.0. The molecule has 13 heteroatoms. The molecular weight excluding hydrogens is 600 g/mol. The Kier molecular flexibility index (Phi) is 12.6. The number of aryl methyl sites for hydroxylation is 1. The van der Waals surface area contributed by atoms with Crippen LogP contribution in [0.15, 0.2) is 30.5 Å². The highest BCUT2D eigenvalue weighted by Crippen LogP contribution is 2.36. The number of fused-ring (bicyclic) bond motifs is 2. The lowest BCUT2D eigenvalue weighted by Crippen LogP contribution is -2.33. The van der Waals surface area contributed by atoms with Crippen molar-refractivity contribution in [1.29, 1.82) is 0 Å². The summed E-state index contributed by atoms with van der Waals surface area (Å²) in [5, 5.41) is 1.18. The number of halogens is 2. The highest BCUT2D eigenvalue weighted by atomic mass is 32.1. The molecule has 10 nitrogen and oxygen atoms in total. The van der Waals surface area contributed by atoms with E-state index in [0.717, 1.165) is 42.8 Å². The van der Waals surface area contributed by atoms with Gasteiger partial charge in [-0.05, 0) is 64.4 Å². The number of ether oxygens (including phenoxy) is 2. The first-order valence-corrected chi connectivity index (χ1v) is 15.1. The van der Waals surface area contributed by atoms with E-state index in [-0.39, 0.29) is 51.0 Å². The van der Waals surface area contributed by atoms with Crippen LogP contribution in [-0.2, 0) is 22.5 Å². The monoisotopic (exact) mass is 647 g/mol. The predicted molar refractivity (Wildman–Crippen MR) is 180 cm³/mol. The fourth-order valence-electron chi connectivity index (χ4n) is 5.82. The Bertz CT molecular complexity index is 1480. The van der Waals surface area contributed by atoms with Gasteiger partial charge in [0.15, 0.2) is 0 Å². The number of carbonyl (C=O) groups excluding carboxylic acids is 1. The maximum absolute atomic E-state index is 13.7. The van der Waals surface area contributed by atoms with E-state index in [1.165, 1.54) is 22.2 Å². The third-order valence-electron chi connectivity index (χ3n) is 8.38. The maximum Gasteiger partial charge on any atom is 0.318 e. The largest absolute Gasteiger partial charge is 0.462 e. The number of carbonyl (C=O) groups is 1. The number of nitrogens with two attached hydrogens (primary N) is 1. The Labute approximate surface area is 271 Å². The van der Waals surface area contributed by atoms with Gasteiger partial charge in [-0.15, -0.1) is 0 Å². The number of nitrogens with one attached hydrogen (secondary N) is 1. The molecule has 5 rings (SSSR count). The van der Waals surface area contributed by atoms with Crippen molar-refractivity contribution >= 4 is 41.8 Å². The van der Waals surface area contributed by atoms with Gasteiger partial charge in [0.2, 0.25) is 5.91 Å². The highest BCUT2D eigenvalue weighted by Gasteiger charge is 2.43. The van der Waals surface area contributed by atoms with E-state index in [1.54, 1.807) is 36.1 Å². The van der Waals surface area contributed by atoms with Crippen molar-refractivity contribution in [3.05, 3.63) is 52.9 Å². The second kappa shape index (κ2) is 15.7. The summed E-state index contributed by atoms with van der Waals surface area (Å²) in [5.41, 5.74) is 12.8. The van der Waals surface area contributed by atoms with E-state index in [1.807, 2.05) is 20.0 Å². The van der Waals surface area contributed by atoms with Crippen LogP contribution in [0.2, 0.25) is 0 Å². The van der Waals surface area contributed by atoms with Gasteiger partial charge in [0.1, 0.15) is 12.4 Å². The summed E-state index contributed by atoms with van der Waals surface area (Å²) >= 11 is 0. The van der Waals surface area contributed by atoms with Crippen molar-refractivity contribution in [2.45, 2.75) is 59.0 Å². The van der Waals surface area contributed by atoms with Gasteiger partial charge in [-0.25, -0.2) is 8.78 Å². The molecule has 1 fully saturated rings. The van der Waals surface area contributed by atoms with Crippen molar-refractivity contribution in [1.82, 2.24) is 24.8 Å². The molecule has 1 amide bonds. The number of aromatic amines is 1. The second-order valence-electron chi connectivity index (χ2n) is 11.4. The Balaban J connectivity index is 0.000000365. The minimum Gasteiger partial charge on any atom is -0.462 e. The maximum atomic E-state index is 13.7. The molecule has 45 heavy (non-hydrogen) atoms. The first-order valence-electron chi connectivity index (χ1n) is 15.1. The van der Waals surface area contributed by atoms with Crippen molar-refractivity contribution in [2.75, 3.05) is 64.2 Å². The van der Waals surface area contributed by atoms with Crippen LogP contribution in [-0.4, -0.2) is 96.2 Å². The van der Waals surface area contributed by atoms with Crippen molar-refractivity contribution in [3.63, 3.8) is 0 Å². The van der Waals surface area contributed by atoms with E-state index in [4.69, 9.17) is 15.2 Å². The molecule has 1 atom stereocenters. The van der Waals surface area contributed by atoms with Crippen LogP contribution in [0, 0.1) is 13.8 Å². The molecule has 1 saturated heterocycles. The minimum absolute atomic E-state index is 0. The second-order valence-corrected chi connectivity index (χ2v) is 11.4. The first kappa shape index (κ1) is 36.1. The fourth-order valence-corrected chi connectivity index (χ4v) is 5.82. The Morgan fingerprint density at radius 2 is 2.00 bits per heavy atom. The number of likely N-dealkylation sites (N-methyl/N-ethyl adjacent to an activating group) is 2. The van der Waals surface area contributed by atoms with E-state index >= 15 is 0 Å². The third kappa shape index (κ3) is 8.65. The van der Waals surface area contributed by atoms with Crippen LogP contribution in [0.5, 0.6) is 6.01 Å². The molecule has 0 aliphatic carbocycles. The van der Waals surface area contributed by atoms with Crippen molar-refractivity contribution < 1.29 is 23.0 Å². The summed E-state index contributed by atoms with van der Waals surface area (Å²) < 4.78 is 37.8. The molecule has 2 aromatic heterocycles. The highest BCUT2D eigenvalue weighted by molar-refractivity contribution is 7.59. The third-order valence-corrected chi connectivity index (χ3v) is 8.38. The average Bonchev–Trinajstić information content (AvgIpc) is 3.55. The Morgan fingerprint density at radius 1 is 1.27 bits per heavy atom. The smallest absolute Gasteiger partial charge is 0.318 e. The minimum atomic E-state index is -2.69. The van der Waals surface area contributed by atoms with E-state index < -0.39 is 5.92 Å². The number of nitrogens with zero attached hydrogens (tertiary/aromatic N) is 5. The normalized spacial score (nSPS) is 17.5. The van der Waals surface area contributed by atoms with Gasteiger partial charge in [-0.2, -0.15) is 23.5 Å². The van der Waals surface area contributed by atoms with E-state index in [9.17, 15) is 13.6 Å². The molecule has 248 valence electrons. The molecule has 1 aromatic carbocycles. The van der Waals surface area contributed by atoms with Crippen LogP contribution >= 0.6 is 13.5 Å². The van der Waals surface area contributed by atoms with Gasteiger partial charge in [0, 0.05) is 73.6 Å². The average molecular weight is 648 g/mol. The van der Waals surface area contributed by atoms with Gasteiger partial charge >= 0.3 is 6.01 Å². The first-order chi connectivity index (χ1) is 21.0. The summed E-state index contributed by atoms with van der Waals surface area (Å²) in [4.78, 5) is 29.2. The molecule has 3 N–H and O–H groups in total. The number of hydrogen-bond donors (Lipinski definition) is 2. The SMILES string of the molecule is CCN(CC)C(=O)/C=C/COC.Cc1cc2[nH]ccc2c(N2CCc3c(N)nc(OC[C@@H]4CC(F)(F)CN4C)nc3C2)c1C.S. The van der Waals surface area contributed by atoms with Gasteiger partial charge in [-0.1, -0.05) is 6.08 Å². The summed E-state index contributed by atoms with van der Waals surface area (Å²) in [7, 11) is 3.28. The van der Waals surface area contributed by atoms with Gasteiger partial charge in [0.25, 0.3) is 5.92 Å². The Morgan fingerprint density at radius 3 is 2.64 bits per heavy atom. The molecule has 0 bridgehead atoms. The topological polar surface area (TPSA) is 113 Å². The number of aromatic nitrogens is 3. The van der Waals surface area contributed by atoms with Crippen LogP contribution < -0.4 is 15.4 Å². The van der Waals surface area contributed by atoms with Crippen LogP contribution in [0.3, 0.4) is 0 Å². The number of rotatable bonds is 9. The molecule has 0 radical (unpaired) electrons. The molecule has 0 unspecified atom stereocenters. The number of methoxy groups -OCH3 is 1. The fraction of sp³-hybridized carbons (Fsp3) is 0.531.